The Kier molecular flexibility index (Phi) is 21.3. The summed E-state index contributed by atoms with van der Waals surface area (Å²) in [6.45, 7) is 24.6. The van der Waals surface area contributed by atoms with E-state index in [4.69, 9.17) is 45.0 Å². The van der Waals surface area contributed by atoms with Crippen molar-refractivity contribution in [2.75, 3.05) is 99.5 Å². The molecule has 84 heavy (non-hydrogen) atoms. The van der Waals surface area contributed by atoms with E-state index in [0.717, 1.165) is 46.6 Å². The summed E-state index contributed by atoms with van der Waals surface area (Å²) in [6, 6.07) is 25.9. The molecule has 4 N–H and O–H groups in total. The third-order valence-electron chi connectivity index (χ3n) is 14.5. The van der Waals surface area contributed by atoms with Crippen LogP contribution in [0.2, 0.25) is 5.15 Å². The quantitative estimate of drug-likeness (QED) is 0.0697. The minimum atomic E-state index is -0.808. The Morgan fingerprint density at radius 2 is 1.11 bits per heavy atom. The van der Waals surface area contributed by atoms with Gasteiger partial charge in [0.05, 0.1) is 90.9 Å². The average molecular weight is 1170 g/mol. The number of nitrogens with zero attached hydrogens (tertiary/aromatic N) is 10. The molecule has 0 radical (unpaired) electrons. The van der Waals surface area contributed by atoms with E-state index in [1.165, 1.54) is 6.20 Å². The van der Waals surface area contributed by atoms with Gasteiger partial charge in [0.2, 0.25) is 0 Å². The lowest BCUT2D eigenvalue weighted by molar-refractivity contribution is 0.00578. The summed E-state index contributed by atoms with van der Waals surface area (Å²) in [4.78, 5) is 38.5. The Balaban J connectivity index is 0.000000193. The summed E-state index contributed by atoms with van der Waals surface area (Å²) in [5.74, 6) is 0.178. The maximum Gasteiger partial charge on any atom is 0.495 e. The number of anilines is 4. The standard InChI is InChI=1S/C27H30N6O4.C23H28BN3O3.C10H14ClN3O3/c1-18-4-5-20(30-25(35)19-6-7-29-24(14-19)27(2,3)17-28)15-21(18)22-16-23(33-8-11-36-12-9-33)26(32-31-22)37-13-10-34;1-15-8-9-17(13-18(15)24-29-22(4,5)23(6,7)30-24)27-20(28)16-10-11-26-19(12-16)21(2,3)14-25;11-9-7-8(14-1-4-16-5-2-14)10(13-12-9)17-6-3-15/h4-7,14-16,34H,8-13H2,1-3H3,(H,30,35);8-13H,1-7H3,(H,27,28);7,15H,1-6H2. The second-order valence-corrected chi connectivity index (χ2v) is 22.4. The van der Waals surface area contributed by atoms with E-state index in [2.05, 4.69) is 62.9 Å². The van der Waals surface area contributed by atoms with Gasteiger partial charge in [-0.3, -0.25) is 19.6 Å². The van der Waals surface area contributed by atoms with Crippen molar-refractivity contribution in [2.45, 2.75) is 91.3 Å². The summed E-state index contributed by atoms with van der Waals surface area (Å²) < 4.78 is 34.1. The van der Waals surface area contributed by atoms with Crippen LogP contribution in [0, 0.1) is 36.5 Å². The molecule has 24 heteroatoms. The van der Waals surface area contributed by atoms with Gasteiger partial charge in [-0.2, -0.15) is 10.5 Å². The predicted octanol–water partition coefficient (Wildman–Crippen LogP) is 7.19. The van der Waals surface area contributed by atoms with Gasteiger partial charge in [-0.1, -0.05) is 29.3 Å². The van der Waals surface area contributed by atoms with Gasteiger partial charge < -0.3 is 58.9 Å². The summed E-state index contributed by atoms with van der Waals surface area (Å²) in [5.41, 5.74) is 6.61. The second-order valence-electron chi connectivity index (χ2n) is 22.1. The number of nitriles is 2. The second kappa shape index (κ2) is 28.1. The summed E-state index contributed by atoms with van der Waals surface area (Å²) >= 11 is 5.83. The molecule has 3 aliphatic heterocycles. The molecular formula is C60H72BClN12O10. The summed E-state index contributed by atoms with van der Waals surface area (Å²) in [5, 5.41) is 59.2. The predicted molar refractivity (Wildman–Crippen MR) is 319 cm³/mol. The molecule has 0 bridgehead atoms. The summed E-state index contributed by atoms with van der Waals surface area (Å²) in [6.07, 6.45) is 3.08. The van der Waals surface area contributed by atoms with Gasteiger partial charge in [-0.25, -0.2) is 0 Å². The average Bonchev–Trinajstić information content (AvgIpc) is 2.80. The number of hydrogen-bond donors (Lipinski definition) is 4. The number of hydrogen-bond acceptors (Lipinski definition) is 20. The van der Waals surface area contributed by atoms with Crippen LogP contribution < -0.4 is 35.4 Å². The number of ether oxygens (including phenoxy) is 4. The maximum atomic E-state index is 13.0. The first-order valence-electron chi connectivity index (χ1n) is 27.5. The Hall–Kier alpha value is -7.87. The van der Waals surface area contributed by atoms with Crippen LogP contribution in [0.25, 0.3) is 11.3 Å². The molecule has 2 amide bonds. The Morgan fingerprint density at radius 3 is 1.58 bits per heavy atom. The van der Waals surface area contributed by atoms with E-state index in [1.54, 1.807) is 64.2 Å². The third-order valence-corrected chi connectivity index (χ3v) is 14.7. The first kappa shape index (κ1) is 63.7. The van der Waals surface area contributed by atoms with Crippen LogP contribution in [0.3, 0.4) is 0 Å². The lowest BCUT2D eigenvalue weighted by Gasteiger charge is -2.32. The van der Waals surface area contributed by atoms with Crippen molar-refractivity contribution in [3.05, 3.63) is 124 Å². The zero-order valence-corrected chi connectivity index (χ0v) is 49.9. The molecule has 6 aromatic rings. The van der Waals surface area contributed by atoms with Gasteiger partial charge >= 0.3 is 7.12 Å². The van der Waals surface area contributed by atoms with Crippen molar-refractivity contribution in [2.24, 2.45) is 0 Å². The first-order chi connectivity index (χ1) is 40.0. The number of benzene rings is 2. The summed E-state index contributed by atoms with van der Waals surface area (Å²) in [7, 11) is -0.504. The van der Waals surface area contributed by atoms with Crippen LogP contribution in [0.5, 0.6) is 11.8 Å². The van der Waals surface area contributed by atoms with Crippen LogP contribution in [-0.2, 0) is 29.6 Å². The molecule has 0 spiro atoms. The number of carbonyl (C=O) groups excluding carboxylic acids is 2. The van der Waals surface area contributed by atoms with Gasteiger partial charge in [0, 0.05) is 72.7 Å². The topological polar surface area (TPSA) is 285 Å². The fourth-order valence-electron chi connectivity index (χ4n) is 8.67. The number of aromatic nitrogens is 6. The lowest BCUT2D eigenvalue weighted by atomic mass is 9.76. The van der Waals surface area contributed by atoms with Crippen molar-refractivity contribution < 1.29 is 48.1 Å². The molecule has 0 aliphatic carbocycles. The van der Waals surface area contributed by atoms with E-state index >= 15 is 0 Å². The SMILES string of the molecule is Cc1ccc(NC(=O)c2ccnc(C(C)(C)C#N)c2)cc1-c1cc(N2CCOCC2)c(OCCO)nn1.Cc1ccc(NC(=O)c2ccnc(C(C)(C)C#N)c2)cc1B1OC(C)(C)C(C)(C)O1.OCCOc1nnc(Cl)cc1N1CCOCC1. The first-order valence-corrected chi connectivity index (χ1v) is 27.9. The van der Waals surface area contributed by atoms with Gasteiger partial charge in [-0.15, -0.1) is 20.4 Å². The highest BCUT2D eigenvalue weighted by Crippen LogP contribution is 2.38. The number of aryl methyl sites for hydroxylation is 2. The van der Waals surface area contributed by atoms with Crippen molar-refractivity contribution in [3.63, 3.8) is 0 Å². The molecule has 22 nitrogen and oxygen atoms in total. The minimum Gasteiger partial charge on any atom is -0.473 e. The zero-order valence-electron chi connectivity index (χ0n) is 49.2. The van der Waals surface area contributed by atoms with Crippen LogP contribution in [0.1, 0.15) is 98.6 Å². The minimum absolute atomic E-state index is 0.0626. The maximum absolute atomic E-state index is 13.0. The molecule has 4 aromatic heterocycles. The molecule has 2 aromatic carbocycles. The molecule has 0 atom stereocenters. The molecule has 3 aliphatic rings. The monoisotopic (exact) mass is 1170 g/mol. The van der Waals surface area contributed by atoms with Gasteiger partial charge in [-0.05, 0) is 135 Å². The molecule has 442 valence electrons. The number of amides is 2. The number of aliphatic hydroxyl groups excluding tert-OH is 2. The van der Waals surface area contributed by atoms with E-state index < -0.39 is 29.2 Å². The highest BCUT2D eigenvalue weighted by Gasteiger charge is 2.52. The smallest absolute Gasteiger partial charge is 0.473 e. The highest BCUT2D eigenvalue weighted by atomic mass is 35.5. The van der Waals surface area contributed by atoms with E-state index in [1.807, 2.05) is 84.0 Å². The van der Waals surface area contributed by atoms with Crippen LogP contribution >= 0.6 is 11.6 Å². The number of carbonyl (C=O) groups is 2. The van der Waals surface area contributed by atoms with E-state index in [9.17, 15) is 25.2 Å². The number of halogens is 1. The largest absolute Gasteiger partial charge is 0.495 e. The van der Waals surface area contributed by atoms with Gasteiger partial charge in [0.25, 0.3) is 23.6 Å². The van der Waals surface area contributed by atoms with Crippen molar-refractivity contribution in [1.29, 1.82) is 10.5 Å². The number of aliphatic hydroxyl groups is 2. The molecule has 3 saturated heterocycles. The van der Waals surface area contributed by atoms with Crippen molar-refractivity contribution >= 4 is 58.7 Å². The number of morpholine rings is 2. The molecule has 3 fully saturated rings. The fourth-order valence-corrected chi connectivity index (χ4v) is 8.81. The number of rotatable bonds is 16. The normalized spacial score (nSPS) is 15.5. The molecule has 9 rings (SSSR count). The fraction of sp³-hybridized carbons (Fsp3) is 0.433. The van der Waals surface area contributed by atoms with E-state index in [-0.39, 0.29) is 38.2 Å². The van der Waals surface area contributed by atoms with Crippen LogP contribution in [-0.4, -0.2) is 150 Å². The van der Waals surface area contributed by atoms with Gasteiger partial charge in [0.15, 0.2) is 5.15 Å². The Morgan fingerprint density at radius 1 is 0.655 bits per heavy atom. The number of pyridine rings is 2. The Bertz CT molecular complexity index is 3350. The highest BCUT2D eigenvalue weighted by molar-refractivity contribution is 6.62. The van der Waals surface area contributed by atoms with Crippen LogP contribution in [0.15, 0.2) is 85.2 Å². The molecular weight excluding hydrogens is 1090 g/mol. The lowest BCUT2D eigenvalue weighted by Crippen LogP contribution is -2.41. The Labute approximate surface area is 495 Å². The molecule has 0 saturated carbocycles. The van der Waals surface area contributed by atoms with Crippen LogP contribution in [0.4, 0.5) is 22.7 Å². The van der Waals surface area contributed by atoms with E-state index in [0.29, 0.717) is 96.0 Å². The third kappa shape index (κ3) is 16.1. The molecule has 7 heterocycles. The van der Waals surface area contributed by atoms with Crippen molar-refractivity contribution in [1.82, 2.24) is 30.4 Å². The zero-order chi connectivity index (χ0) is 60.8. The van der Waals surface area contributed by atoms with Gasteiger partial charge in [0.1, 0.15) is 24.6 Å². The number of nitrogens with one attached hydrogen (secondary N) is 2. The van der Waals surface area contributed by atoms with Crippen molar-refractivity contribution in [3.8, 4) is 35.2 Å². The molecule has 0 unspecified atom stereocenters.